The molecule has 3 aromatic rings. The zero-order valence-electron chi connectivity index (χ0n) is 16.2. The van der Waals surface area contributed by atoms with Gasteiger partial charge in [-0.3, -0.25) is 19.8 Å². The van der Waals surface area contributed by atoms with Gasteiger partial charge in [0, 0.05) is 23.8 Å². The van der Waals surface area contributed by atoms with Crippen LogP contribution in [0, 0.1) is 10.1 Å². The molecule has 10 heteroatoms. The third-order valence-electron chi connectivity index (χ3n) is 4.67. The number of rotatable bonds is 6. The lowest BCUT2D eigenvalue weighted by atomic mass is 10.1. The Morgan fingerprint density at radius 3 is 2.59 bits per heavy atom. The molecule has 0 spiro atoms. The minimum absolute atomic E-state index is 0.0676. The van der Waals surface area contributed by atoms with Crippen molar-refractivity contribution in [2.75, 3.05) is 0 Å². The standard InChI is InChI=1S/C22H14N2O6S2/c25-20-18(32-22(31)23(20)19(21(26)27)13-5-2-1-3-6-13)12-16-9-10-17(30-16)14-7-4-8-15(11-14)24(28)29/h1-12,19H,(H,26,27)/b18-12-/t19-/m1/s1. The van der Waals surface area contributed by atoms with Crippen molar-refractivity contribution in [1.82, 2.24) is 4.90 Å². The average Bonchev–Trinajstić information content (AvgIpc) is 3.35. The van der Waals surface area contributed by atoms with E-state index in [9.17, 15) is 24.8 Å². The lowest BCUT2D eigenvalue weighted by Gasteiger charge is -2.23. The molecule has 0 saturated carbocycles. The van der Waals surface area contributed by atoms with Crippen LogP contribution in [-0.4, -0.2) is 31.1 Å². The van der Waals surface area contributed by atoms with Crippen molar-refractivity contribution >= 4 is 51.9 Å². The van der Waals surface area contributed by atoms with Gasteiger partial charge in [-0.15, -0.1) is 0 Å². The number of furan rings is 1. The number of aliphatic carboxylic acids is 1. The third-order valence-corrected chi connectivity index (χ3v) is 6.00. The molecule has 4 rings (SSSR count). The van der Waals surface area contributed by atoms with Gasteiger partial charge in [0.2, 0.25) is 0 Å². The number of carbonyl (C=O) groups is 2. The van der Waals surface area contributed by atoms with Crippen LogP contribution >= 0.6 is 24.0 Å². The minimum Gasteiger partial charge on any atom is -0.479 e. The van der Waals surface area contributed by atoms with Crippen LogP contribution in [-0.2, 0) is 9.59 Å². The zero-order chi connectivity index (χ0) is 22.8. The average molecular weight is 466 g/mol. The van der Waals surface area contributed by atoms with E-state index in [2.05, 4.69) is 0 Å². The zero-order valence-corrected chi connectivity index (χ0v) is 17.8. The number of hydrogen-bond donors (Lipinski definition) is 1. The van der Waals surface area contributed by atoms with Crippen molar-refractivity contribution in [3.05, 3.63) is 93.1 Å². The molecule has 0 radical (unpaired) electrons. The number of thiocarbonyl (C=S) groups is 1. The first kappa shape index (κ1) is 21.5. The Morgan fingerprint density at radius 2 is 1.91 bits per heavy atom. The van der Waals surface area contributed by atoms with Crippen LogP contribution in [0.15, 0.2) is 76.1 Å². The molecular weight excluding hydrogens is 452 g/mol. The lowest BCUT2D eigenvalue weighted by molar-refractivity contribution is -0.384. The van der Waals surface area contributed by atoms with E-state index in [1.165, 1.54) is 18.2 Å². The van der Waals surface area contributed by atoms with Crippen molar-refractivity contribution in [1.29, 1.82) is 0 Å². The molecule has 32 heavy (non-hydrogen) atoms. The van der Waals surface area contributed by atoms with Crippen molar-refractivity contribution in [3.8, 4) is 11.3 Å². The van der Waals surface area contributed by atoms with Gasteiger partial charge >= 0.3 is 5.97 Å². The summed E-state index contributed by atoms with van der Waals surface area (Å²) in [5.41, 5.74) is 0.881. The van der Waals surface area contributed by atoms with Crippen LogP contribution in [0.4, 0.5) is 5.69 Å². The summed E-state index contributed by atoms with van der Waals surface area (Å²) >= 11 is 6.28. The molecule has 1 aliphatic rings. The van der Waals surface area contributed by atoms with E-state index in [0.29, 0.717) is 22.6 Å². The number of nitro benzene ring substituents is 1. The molecule has 8 nitrogen and oxygen atoms in total. The van der Waals surface area contributed by atoms with Crippen molar-refractivity contribution < 1.29 is 24.0 Å². The first-order valence-electron chi connectivity index (χ1n) is 9.24. The summed E-state index contributed by atoms with van der Waals surface area (Å²) in [5.74, 6) is -1.01. The van der Waals surface area contributed by atoms with Gasteiger partial charge in [-0.2, -0.15) is 0 Å². The Kier molecular flexibility index (Phi) is 5.89. The molecule has 1 aliphatic heterocycles. The Labute approximate surface area is 191 Å². The van der Waals surface area contributed by atoms with Crippen molar-refractivity contribution in [2.45, 2.75) is 6.04 Å². The topological polar surface area (TPSA) is 114 Å². The summed E-state index contributed by atoms with van der Waals surface area (Å²) in [4.78, 5) is 36.7. The maximum Gasteiger partial charge on any atom is 0.331 e. The van der Waals surface area contributed by atoms with E-state index in [1.54, 1.807) is 54.6 Å². The smallest absolute Gasteiger partial charge is 0.331 e. The highest BCUT2D eigenvalue weighted by Crippen LogP contribution is 2.39. The summed E-state index contributed by atoms with van der Waals surface area (Å²) in [7, 11) is 0. The molecule has 1 amide bonds. The van der Waals surface area contributed by atoms with E-state index in [0.717, 1.165) is 16.7 Å². The Hall–Kier alpha value is -3.76. The van der Waals surface area contributed by atoms with Gasteiger partial charge < -0.3 is 9.52 Å². The van der Waals surface area contributed by atoms with Crippen molar-refractivity contribution in [2.24, 2.45) is 0 Å². The van der Waals surface area contributed by atoms with Gasteiger partial charge in [0.25, 0.3) is 11.6 Å². The molecule has 0 aliphatic carbocycles. The number of hydrogen-bond acceptors (Lipinski definition) is 7. The van der Waals surface area contributed by atoms with Crippen LogP contribution in [0.25, 0.3) is 17.4 Å². The Morgan fingerprint density at radius 1 is 1.16 bits per heavy atom. The molecular formula is C22H14N2O6S2. The van der Waals surface area contributed by atoms with E-state index in [1.807, 2.05) is 0 Å². The fraction of sp³-hybridized carbons (Fsp3) is 0.0455. The largest absolute Gasteiger partial charge is 0.479 e. The third kappa shape index (κ3) is 4.18. The van der Waals surface area contributed by atoms with Gasteiger partial charge in [0.05, 0.1) is 9.83 Å². The summed E-state index contributed by atoms with van der Waals surface area (Å²) in [6.07, 6.45) is 1.48. The fourth-order valence-corrected chi connectivity index (χ4v) is 4.52. The van der Waals surface area contributed by atoms with Gasteiger partial charge in [-0.25, -0.2) is 4.79 Å². The predicted molar refractivity (Wildman–Crippen MR) is 123 cm³/mol. The normalized spacial score (nSPS) is 15.9. The first-order chi connectivity index (χ1) is 15.3. The minimum atomic E-state index is -1.24. The highest BCUT2D eigenvalue weighted by atomic mass is 32.2. The van der Waals surface area contributed by atoms with Crippen LogP contribution in [0.1, 0.15) is 17.4 Å². The predicted octanol–water partition coefficient (Wildman–Crippen LogP) is 4.88. The van der Waals surface area contributed by atoms with Crippen LogP contribution in [0.5, 0.6) is 0 Å². The van der Waals surface area contributed by atoms with E-state index in [4.69, 9.17) is 16.6 Å². The highest BCUT2D eigenvalue weighted by molar-refractivity contribution is 8.26. The molecule has 2 heterocycles. The number of non-ortho nitro benzene ring substituents is 1. The summed E-state index contributed by atoms with van der Waals surface area (Å²) < 4.78 is 5.86. The molecule has 1 aromatic heterocycles. The second-order valence-corrected chi connectivity index (χ2v) is 8.39. The molecule has 1 saturated heterocycles. The van der Waals surface area contributed by atoms with Crippen LogP contribution in [0.2, 0.25) is 0 Å². The number of carboxylic acids is 1. The number of carboxylic acid groups (broad SMARTS) is 1. The second kappa shape index (κ2) is 8.77. The van der Waals surface area contributed by atoms with E-state index < -0.39 is 22.8 Å². The van der Waals surface area contributed by atoms with Gasteiger partial charge in [-0.1, -0.05) is 66.4 Å². The molecule has 1 N–H and O–H groups in total. The number of amides is 1. The maximum atomic E-state index is 13.0. The molecule has 0 bridgehead atoms. The number of thioether (sulfide) groups is 1. The second-order valence-electron chi connectivity index (χ2n) is 6.71. The maximum absolute atomic E-state index is 13.0. The highest BCUT2D eigenvalue weighted by Gasteiger charge is 2.41. The van der Waals surface area contributed by atoms with Crippen LogP contribution < -0.4 is 0 Å². The van der Waals surface area contributed by atoms with Gasteiger partial charge in [-0.05, 0) is 17.7 Å². The van der Waals surface area contributed by atoms with E-state index in [-0.39, 0.29) is 14.9 Å². The molecule has 1 atom stereocenters. The lowest BCUT2D eigenvalue weighted by Crippen LogP contribution is -2.37. The number of benzene rings is 2. The monoisotopic (exact) mass is 466 g/mol. The van der Waals surface area contributed by atoms with Gasteiger partial charge in [0.1, 0.15) is 15.8 Å². The molecule has 160 valence electrons. The summed E-state index contributed by atoms with van der Waals surface area (Å²) in [6.45, 7) is 0. The molecule has 0 unspecified atom stereocenters. The summed E-state index contributed by atoms with van der Waals surface area (Å²) in [5, 5.41) is 20.7. The van der Waals surface area contributed by atoms with Crippen LogP contribution in [0.3, 0.4) is 0 Å². The SMILES string of the molecule is O=C(O)[C@@H](c1ccccc1)N1C(=O)/C(=C/c2ccc(-c3cccc([N+](=O)[O-])c3)o2)SC1=S. The molecule has 1 fully saturated rings. The first-order valence-corrected chi connectivity index (χ1v) is 10.5. The molecule has 2 aromatic carbocycles. The van der Waals surface area contributed by atoms with Gasteiger partial charge in [0.15, 0.2) is 6.04 Å². The number of nitrogens with zero attached hydrogens (tertiary/aromatic N) is 2. The Balaban J connectivity index is 1.62. The summed E-state index contributed by atoms with van der Waals surface area (Å²) in [6, 6.07) is 16.4. The quantitative estimate of drug-likeness (QED) is 0.237. The van der Waals surface area contributed by atoms with E-state index >= 15 is 0 Å². The number of nitro groups is 1. The Bertz CT molecular complexity index is 1270. The number of carbonyl (C=O) groups excluding carboxylic acids is 1. The fourth-order valence-electron chi connectivity index (χ4n) is 3.23. The van der Waals surface area contributed by atoms with Crippen molar-refractivity contribution in [3.63, 3.8) is 0 Å².